The molecule has 0 amide bonds. The fourth-order valence-corrected chi connectivity index (χ4v) is 3.78. The lowest BCUT2D eigenvalue weighted by molar-refractivity contribution is 0.337. The van der Waals surface area contributed by atoms with Gasteiger partial charge in [-0.1, -0.05) is 47.8 Å². The molecule has 2 aromatic carbocycles. The van der Waals surface area contributed by atoms with Crippen LogP contribution in [0.5, 0.6) is 5.75 Å². The van der Waals surface area contributed by atoms with Crippen molar-refractivity contribution >= 4 is 47.8 Å². The van der Waals surface area contributed by atoms with Crippen LogP contribution in [-0.4, -0.2) is 6.61 Å². The van der Waals surface area contributed by atoms with E-state index in [4.69, 9.17) is 4.74 Å². The van der Waals surface area contributed by atoms with Crippen LogP contribution in [0.25, 0.3) is 0 Å². The molecule has 0 aromatic heterocycles. The van der Waals surface area contributed by atoms with Crippen molar-refractivity contribution in [3.63, 3.8) is 0 Å². The van der Waals surface area contributed by atoms with Crippen LogP contribution in [0.1, 0.15) is 22.9 Å². The monoisotopic (exact) mass is 464 g/mol. The summed E-state index contributed by atoms with van der Waals surface area (Å²) in [6.07, 6.45) is 0. The highest BCUT2D eigenvalue weighted by molar-refractivity contribution is 9.11. The van der Waals surface area contributed by atoms with E-state index < -0.39 is 0 Å². The number of rotatable bonds is 4. The fraction of sp³-hybridized carbons (Fsp3) is 0.200. The Labute approximate surface area is 142 Å². The third-order valence-electron chi connectivity index (χ3n) is 2.78. The standard InChI is InChI=1S/C15H12Br3FO/c1-2-20-14-6-3-9(16)7-12(14)15(18)11-8-10(19)4-5-13(11)17/h3-8,15H,2H2,1H3. The molecule has 0 fully saturated rings. The van der Waals surface area contributed by atoms with Crippen molar-refractivity contribution in [2.75, 3.05) is 6.61 Å². The zero-order chi connectivity index (χ0) is 14.7. The van der Waals surface area contributed by atoms with Crippen molar-refractivity contribution in [2.45, 2.75) is 11.8 Å². The number of hydrogen-bond donors (Lipinski definition) is 0. The molecule has 1 unspecified atom stereocenters. The largest absolute Gasteiger partial charge is 0.494 e. The van der Waals surface area contributed by atoms with Gasteiger partial charge in [0.1, 0.15) is 11.6 Å². The van der Waals surface area contributed by atoms with Gasteiger partial charge >= 0.3 is 0 Å². The van der Waals surface area contributed by atoms with Crippen LogP contribution < -0.4 is 4.74 Å². The number of hydrogen-bond acceptors (Lipinski definition) is 1. The zero-order valence-corrected chi connectivity index (χ0v) is 15.4. The van der Waals surface area contributed by atoms with Gasteiger partial charge in [0.2, 0.25) is 0 Å². The quantitative estimate of drug-likeness (QED) is 0.485. The van der Waals surface area contributed by atoms with Crippen LogP contribution in [0.15, 0.2) is 45.3 Å². The van der Waals surface area contributed by atoms with Crippen LogP contribution in [0.4, 0.5) is 4.39 Å². The number of halogens is 4. The third kappa shape index (κ3) is 3.62. The first-order valence-electron chi connectivity index (χ1n) is 6.04. The van der Waals surface area contributed by atoms with E-state index in [0.717, 1.165) is 25.8 Å². The molecule has 0 aliphatic carbocycles. The number of alkyl halides is 1. The summed E-state index contributed by atoms with van der Waals surface area (Å²) in [6.45, 7) is 2.52. The lowest BCUT2D eigenvalue weighted by atomic mass is 10.0. The van der Waals surface area contributed by atoms with Gasteiger partial charge in [0.15, 0.2) is 0 Å². The first-order chi connectivity index (χ1) is 9.52. The summed E-state index contributed by atoms with van der Waals surface area (Å²) in [5.41, 5.74) is 1.77. The van der Waals surface area contributed by atoms with Gasteiger partial charge in [0.25, 0.3) is 0 Å². The molecule has 0 radical (unpaired) electrons. The van der Waals surface area contributed by atoms with E-state index in [9.17, 15) is 4.39 Å². The van der Waals surface area contributed by atoms with Gasteiger partial charge in [-0.3, -0.25) is 0 Å². The average molecular weight is 467 g/mol. The van der Waals surface area contributed by atoms with Crippen molar-refractivity contribution in [2.24, 2.45) is 0 Å². The van der Waals surface area contributed by atoms with Gasteiger partial charge in [-0.05, 0) is 48.9 Å². The Kier molecular flexibility index (Phi) is 5.64. The van der Waals surface area contributed by atoms with Gasteiger partial charge < -0.3 is 4.74 Å². The van der Waals surface area contributed by atoms with Crippen LogP contribution >= 0.6 is 47.8 Å². The molecular weight excluding hydrogens is 455 g/mol. The van der Waals surface area contributed by atoms with Crippen LogP contribution in [-0.2, 0) is 0 Å². The zero-order valence-electron chi connectivity index (χ0n) is 10.7. The molecule has 1 nitrogen and oxygen atoms in total. The predicted octanol–water partition coefficient (Wildman–Crippen LogP) is 6.23. The molecule has 0 spiro atoms. The third-order valence-corrected chi connectivity index (χ3v) is 4.98. The highest BCUT2D eigenvalue weighted by atomic mass is 79.9. The molecule has 106 valence electrons. The molecule has 0 N–H and O–H groups in total. The second-order valence-corrected chi connectivity index (χ2v) is 6.83. The summed E-state index contributed by atoms with van der Waals surface area (Å²) >= 11 is 10.6. The normalized spacial score (nSPS) is 12.2. The molecule has 2 aromatic rings. The lowest BCUT2D eigenvalue weighted by Gasteiger charge is -2.17. The molecule has 0 saturated carbocycles. The van der Waals surface area contributed by atoms with E-state index in [1.54, 1.807) is 6.07 Å². The van der Waals surface area contributed by atoms with Gasteiger partial charge in [-0.2, -0.15) is 0 Å². The van der Waals surface area contributed by atoms with Gasteiger partial charge in [-0.15, -0.1) is 0 Å². The van der Waals surface area contributed by atoms with E-state index in [1.165, 1.54) is 12.1 Å². The topological polar surface area (TPSA) is 9.23 Å². The molecule has 5 heteroatoms. The van der Waals surface area contributed by atoms with Gasteiger partial charge in [0, 0.05) is 14.5 Å². The molecule has 20 heavy (non-hydrogen) atoms. The van der Waals surface area contributed by atoms with Crippen molar-refractivity contribution in [3.05, 3.63) is 62.3 Å². The summed E-state index contributed by atoms with van der Waals surface area (Å²) in [5, 5.41) is 0. The van der Waals surface area contributed by atoms with Gasteiger partial charge in [0.05, 0.1) is 11.4 Å². The van der Waals surface area contributed by atoms with Crippen LogP contribution in [0.3, 0.4) is 0 Å². The van der Waals surface area contributed by atoms with Crippen molar-refractivity contribution < 1.29 is 9.13 Å². The number of ether oxygens (including phenoxy) is 1. The van der Waals surface area contributed by atoms with E-state index >= 15 is 0 Å². The molecule has 0 heterocycles. The second-order valence-electron chi connectivity index (χ2n) is 4.14. The Morgan fingerprint density at radius 1 is 1.10 bits per heavy atom. The maximum absolute atomic E-state index is 13.5. The highest BCUT2D eigenvalue weighted by Gasteiger charge is 2.19. The average Bonchev–Trinajstić information content (AvgIpc) is 2.43. The van der Waals surface area contributed by atoms with Crippen LogP contribution in [0, 0.1) is 5.82 Å². The van der Waals surface area contributed by atoms with Crippen molar-refractivity contribution in [1.82, 2.24) is 0 Å². The SMILES string of the molecule is CCOc1ccc(Br)cc1C(Br)c1cc(F)ccc1Br. The Hall–Kier alpha value is -0.390. The predicted molar refractivity (Wildman–Crippen MR) is 90.2 cm³/mol. The second kappa shape index (κ2) is 7.05. The Morgan fingerprint density at radius 3 is 2.55 bits per heavy atom. The molecular formula is C15H12Br3FO. The first kappa shape index (κ1) is 16.0. The van der Waals surface area contributed by atoms with Gasteiger partial charge in [-0.25, -0.2) is 4.39 Å². The maximum Gasteiger partial charge on any atom is 0.124 e. The smallest absolute Gasteiger partial charge is 0.124 e. The van der Waals surface area contributed by atoms with E-state index in [2.05, 4.69) is 47.8 Å². The molecule has 0 aliphatic heterocycles. The fourth-order valence-electron chi connectivity index (χ4n) is 1.88. The Bertz CT molecular complexity index is 616. The molecule has 1 atom stereocenters. The lowest BCUT2D eigenvalue weighted by Crippen LogP contribution is -2.01. The highest BCUT2D eigenvalue weighted by Crippen LogP contribution is 2.41. The minimum atomic E-state index is -0.263. The Balaban J connectivity index is 2.49. The minimum absolute atomic E-state index is 0.161. The summed E-state index contributed by atoms with van der Waals surface area (Å²) in [4.78, 5) is -0.161. The van der Waals surface area contributed by atoms with Crippen molar-refractivity contribution in [3.8, 4) is 5.75 Å². The minimum Gasteiger partial charge on any atom is -0.494 e. The summed E-state index contributed by atoms with van der Waals surface area (Å²) in [7, 11) is 0. The summed E-state index contributed by atoms with van der Waals surface area (Å²) in [5.74, 6) is 0.523. The maximum atomic E-state index is 13.5. The number of benzene rings is 2. The Morgan fingerprint density at radius 2 is 1.85 bits per heavy atom. The molecule has 0 bridgehead atoms. The van der Waals surface area contributed by atoms with E-state index in [0.29, 0.717) is 6.61 Å². The summed E-state index contributed by atoms with van der Waals surface area (Å²) < 4.78 is 20.9. The first-order valence-corrected chi connectivity index (χ1v) is 8.54. The summed E-state index contributed by atoms with van der Waals surface area (Å²) in [6, 6.07) is 10.5. The van der Waals surface area contributed by atoms with E-state index in [-0.39, 0.29) is 10.6 Å². The van der Waals surface area contributed by atoms with E-state index in [1.807, 2.05) is 25.1 Å². The van der Waals surface area contributed by atoms with Crippen LogP contribution in [0.2, 0.25) is 0 Å². The molecule has 2 rings (SSSR count). The molecule has 0 aliphatic rings. The molecule has 0 saturated heterocycles. The van der Waals surface area contributed by atoms with Crippen molar-refractivity contribution in [1.29, 1.82) is 0 Å².